The predicted octanol–water partition coefficient (Wildman–Crippen LogP) is 3.28. The van der Waals surface area contributed by atoms with Gasteiger partial charge < -0.3 is 9.52 Å². The zero-order chi connectivity index (χ0) is 13.8. The Labute approximate surface area is 112 Å². The van der Waals surface area contributed by atoms with Crippen LogP contribution in [-0.2, 0) is 5.75 Å². The molecule has 0 amide bonds. The van der Waals surface area contributed by atoms with Crippen LogP contribution in [0.5, 0.6) is 0 Å². The third-order valence-corrected chi connectivity index (χ3v) is 3.31. The fourth-order valence-corrected chi connectivity index (χ4v) is 2.30. The summed E-state index contributed by atoms with van der Waals surface area (Å²) in [5.74, 6) is -1.38. The molecule has 6 heteroatoms. The molecule has 0 bridgehead atoms. The van der Waals surface area contributed by atoms with Gasteiger partial charge in [-0.1, -0.05) is 11.8 Å². The molecule has 0 fully saturated rings. The van der Waals surface area contributed by atoms with Crippen LogP contribution in [0.15, 0.2) is 39.8 Å². The van der Waals surface area contributed by atoms with Gasteiger partial charge in [0.05, 0.1) is 11.6 Å². The van der Waals surface area contributed by atoms with Crippen molar-refractivity contribution in [2.24, 2.45) is 0 Å². The molecule has 1 aromatic heterocycles. The van der Waals surface area contributed by atoms with Crippen molar-refractivity contribution in [3.05, 3.63) is 53.0 Å². The van der Waals surface area contributed by atoms with Gasteiger partial charge in [0.2, 0.25) is 5.76 Å². The van der Waals surface area contributed by atoms with E-state index in [0.29, 0.717) is 22.0 Å². The lowest BCUT2D eigenvalue weighted by Crippen LogP contribution is -1.91. The highest BCUT2D eigenvalue weighted by atomic mass is 32.2. The zero-order valence-corrected chi connectivity index (χ0v) is 10.4. The van der Waals surface area contributed by atoms with Crippen LogP contribution in [-0.4, -0.2) is 11.1 Å². The molecule has 0 radical (unpaired) electrons. The van der Waals surface area contributed by atoms with Gasteiger partial charge in [0, 0.05) is 5.75 Å². The minimum atomic E-state index is -1.14. The molecule has 0 aliphatic rings. The highest BCUT2D eigenvalue weighted by molar-refractivity contribution is 7.98. The Morgan fingerprint density at radius 1 is 1.42 bits per heavy atom. The third-order valence-electron chi connectivity index (χ3n) is 2.35. The molecule has 0 unspecified atom stereocenters. The van der Waals surface area contributed by atoms with Gasteiger partial charge in [-0.15, -0.1) is 0 Å². The Bertz CT molecular complexity index is 660. The Morgan fingerprint density at radius 2 is 2.21 bits per heavy atom. The van der Waals surface area contributed by atoms with Crippen LogP contribution in [0.25, 0.3) is 0 Å². The second kappa shape index (κ2) is 5.59. The molecule has 0 saturated heterocycles. The minimum absolute atomic E-state index is 0.151. The molecule has 0 aliphatic carbocycles. The monoisotopic (exact) mass is 277 g/mol. The van der Waals surface area contributed by atoms with E-state index in [9.17, 15) is 9.18 Å². The summed E-state index contributed by atoms with van der Waals surface area (Å²) in [6.07, 6.45) is 0. The number of hydrogen-bond acceptors (Lipinski definition) is 4. The van der Waals surface area contributed by atoms with E-state index in [1.807, 2.05) is 6.07 Å². The summed E-state index contributed by atoms with van der Waals surface area (Å²) in [6.45, 7) is 0. The fourth-order valence-electron chi connectivity index (χ4n) is 1.45. The molecular weight excluding hydrogens is 269 g/mol. The molecule has 0 spiro atoms. The van der Waals surface area contributed by atoms with Crippen LogP contribution >= 0.6 is 11.8 Å². The Hall–Kier alpha value is -2.26. The first kappa shape index (κ1) is 13.2. The van der Waals surface area contributed by atoms with E-state index in [1.54, 1.807) is 0 Å². The molecule has 96 valence electrons. The normalized spacial score (nSPS) is 10.1. The maximum Gasteiger partial charge on any atom is 0.371 e. The maximum atomic E-state index is 13.1. The lowest BCUT2D eigenvalue weighted by molar-refractivity contribution is 0.0656. The zero-order valence-electron chi connectivity index (χ0n) is 9.59. The summed E-state index contributed by atoms with van der Waals surface area (Å²) in [4.78, 5) is 10.6. The van der Waals surface area contributed by atoms with E-state index >= 15 is 0 Å². The van der Waals surface area contributed by atoms with Crippen molar-refractivity contribution in [3.8, 4) is 6.07 Å². The van der Waals surface area contributed by atoms with E-state index in [0.717, 1.165) is 0 Å². The Balaban J connectivity index is 2.12. The molecule has 2 rings (SSSR count). The maximum absolute atomic E-state index is 13.1. The first-order chi connectivity index (χ1) is 9.10. The first-order valence-electron chi connectivity index (χ1n) is 5.24. The van der Waals surface area contributed by atoms with E-state index < -0.39 is 11.8 Å². The number of carboxylic acid groups (broad SMARTS) is 1. The molecule has 1 N–H and O–H groups in total. The van der Waals surface area contributed by atoms with Crippen molar-refractivity contribution in [1.29, 1.82) is 5.26 Å². The molecule has 0 atom stereocenters. The molecule has 2 aromatic rings. The second-order valence-corrected chi connectivity index (χ2v) is 4.61. The summed E-state index contributed by atoms with van der Waals surface area (Å²) >= 11 is 1.20. The molecule has 0 saturated carbocycles. The van der Waals surface area contributed by atoms with E-state index in [4.69, 9.17) is 14.8 Å². The molecule has 1 aromatic carbocycles. The van der Waals surface area contributed by atoms with Crippen LogP contribution in [0.4, 0.5) is 4.39 Å². The van der Waals surface area contributed by atoms with Gasteiger partial charge >= 0.3 is 5.97 Å². The molecule has 19 heavy (non-hydrogen) atoms. The van der Waals surface area contributed by atoms with Crippen LogP contribution in [0.1, 0.15) is 21.7 Å². The average Bonchev–Trinajstić information content (AvgIpc) is 2.85. The SMILES string of the molecule is N#Cc1ccc(F)cc1CSc1ccc(C(=O)O)o1. The van der Waals surface area contributed by atoms with Gasteiger partial charge in [-0.2, -0.15) is 5.26 Å². The number of furan rings is 1. The number of nitriles is 1. The summed E-state index contributed by atoms with van der Waals surface area (Å²) in [5, 5.41) is 18.0. The average molecular weight is 277 g/mol. The van der Waals surface area contributed by atoms with Crippen molar-refractivity contribution < 1.29 is 18.7 Å². The number of rotatable bonds is 4. The lowest BCUT2D eigenvalue weighted by atomic mass is 10.1. The van der Waals surface area contributed by atoms with Gasteiger partial charge in [-0.25, -0.2) is 9.18 Å². The minimum Gasteiger partial charge on any atom is -0.475 e. The standard InChI is InChI=1S/C13H8FNO3S/c14-10-2-1-8(6-15)9(5-10)7-19-12-4-3-11(18-12)13(16)17/h1-5H,7H2,(H,16,17). The van der Waals surface area contributed by atoms with Crippen molar-refractivity contribution in [2.45, 2.75) is 10.8 Å². The summed E-state index contributed by atoms with van der Waals surface area (Å²) in [6, 6.07) is 8.78. The van der Waals surface area contributed by atoms with E-state index in [1.165, 1.54) is 42.1 Å². The highest BCUT2D eigenvalue weighted by Crippen LogP contribution is 2.26. The number of carbonyl (C=O) groups is 1. The number of thioether (sulfide) groups is 1. The summed E-state index contributed by atoms with van der Waals surface area (Å²) < 4.78 is 18.2. The summed E-state index contributed by atoms with van der Waals surface area (Å²) in [5.41, 5.74) is 0.930. The molecule has 0 aliphatic heterocycles. The Morgan fingerprint density at radius 3 is 2.84 bits per heavy atom. The van der Waals surface area contributed by atoms with Gasteiger partial charge in [0.1, 0.15) is 5.82 Å². The van der Waals surface area contributed by atoms with Gasteiger partial charge in [-0.3, -0.25) is 0 Å². The number of hydrogen-bond donors (Lipinski definition) is 1. The highest BCUT2D eigenvalue weighted by Gasteiger charge is 2.10. The van der Waals surface area contributed by atoms with Gasteiger partial charge in [-0.05, 0) is 35.9 Å². The predicted molar refractivity (Wildman–Crippen MR) is 66.3 cm³/mol. The first-order valence-corrected chi connectivity index (χ1v) is 6.23. The number of benzene rings is 1. The number of halogens is 1. The largest absolute Gasteiger partial charge is 0.475 e. The van der Waals surface area contributed by atoms with Gasteiger partial charge in [0.15, 0.2) is 5.09 Å². The number of aromatic carboxylic acids is 1. The number of carboxylic acids is 1. The van der Waals surface area contributed by atoms with Crippen LogP contribution in [0.2, 0.25) is 0 Å². The topological polar surface area (TPSA) is 74.2 Å². The van der Waals surface area contributed by atoms with Crippen LogP contribution in [0.3, 0.4) is 0 Å². The van der Waals surface area contributed by atoms with Crippen LogP contribution in [0, 0.1) is 17.1 Å². The van der Waals surface area contributed by atoms with Crippen molar-refractivity contribution in [1.82, 2.24) is 0 Å². The molecular formula is C13H8FNO3S. The Kier molecular flexibility index (Phi) is 3.88. The quantitative estimate of drug-likeness (QED) is 0.868. The van der Waals surface area contributed by atoms with E-state index in [-0.39, 0.29) is 5.76 Å². The third kappa shape index (κ3) is 3.14. The summed E-state index contributed by atoms with van der Waals surface area (Å²) in [7, 11) is 0. The lowest BCUT2D eigenvalue weighted by Gasteiger charge is -2.02. The van der Waals surface area contributed by atoms with Crippen molar-refractivity contribution in [3.63, 3.8) is 0 Å². The smallest absolute Gasteiger partial charge is 0.371 e. The van der Waals surface area contributed by atoms with Crippen LogP contribution < -0.4 is 0 Å². The second-order valence-electron chi connectivity index (χ2n) is 3.63. The van der Waals surface area contributed by atoms with Crippen molar-refractivity contribution in [2.75, 3.05) is 0 Å². The fraction of sp³-hybridized carbons (Fsp3) is 0.0769. The number of nitrogens with zero attached hydrogens (tertiary/aromatic N) is 1. The van der Waals surface area contributed by atoms with E-state index in [2.05, 4.69) is 0 Å². The van der Waals surface area contributed by atoms with Crippen molar-refractivity contribution >= 4 is 17.7 Å². The molecule has 4 nitrogen and oxygen atoms in total. The molecule has 1 heterocycles. The van der Waals surface area contributed by atoms with Gasteiger partial charge in [0.25, 0.3) is 0 Å².